The van der Waals surface area contributed by atoms with Gasteiger partial charge < -0.3 is 11.1 Å². The van der Waals surface area contributed by atoms with E-state index in [-0.39, 0.29) is 0 Å². The fourth-order valence-corrected chi connectivity index (χ4v) is 2.85. The van der Waals surface area contributed by atoms with E-state index in [1.165, 1.54) is 38.5 Å². The number of hydrogen-bond acceptors (Lipinski definition) is 2. The molecule has 2 rings (SSSR count). The van der Waals surface area contributed by atoms with Gasteiger partial charge in [-0.15, -0.1) is 0 Å². The highest BCUT2D eigenvalue weighted by atomic mass is 15.0. The second kappa shape index (κ2) is 3.75. The van der Waals surface area contributed by atoms with Gasteiger partial charge in [-0.2, -0.15) is 0 Å². The van der Waals surface area contributed by atoms with Gasteiger partial charge in [0.15, 0.2) is 0 Å². The Morgan fingerprint density at radius 1 is 1.25 bits per heavy atom. The molecule has 2 fully saturated rings. The van der Waals surface area contributed by atoms with E-state index >= 15 is 0 Å². The molecule has 2 nitrogen and oxygen atoms in total. The third kappa shape index (κ3) is 1.64. The molecule has 1 aliphatic carbocycles. The molecule has 0 aromatic heterocycles. The van der Waals surface area contributed by atoms with Crippen molar-refractivity contribution < 1.29 is 0 Å². The molecule has 1 heterocycles. The van der Waals surface area contributed by atoms with Crippen molar-refractivity contribution in [2.75, 3.05) is 6.54 Å². The minimum Gasteiger partial charge on any atom is -0.330 e. The summed E-state index contributed by atoms with van der Waals surface area (Å²) in [5.41, 5.74) is 5.56. The van der Waals surface area contributed by atoms with Gasteiger partial charge in [0.1, 0.15) is 0 Å². The molecule has 70 valence electrons. The highest BCUT2D eigenvalue weighted by molar-refractivity contribution is 4.92. The molecule has 3 unspecified atom stereocenters. The molecule has 1 aliphatic heterocycles. The molecule has 0 amide bonds. The molecule has 0 aromatic carbocycles. The fraction of sp³-hybridized carbons (Fsp3) is 1.00. The molecule has 3 atom stereocenters. The van der Waals surface area contributed by atoms with Crippen LogP contribution < -0.4 is 11.1 Å². The lowest BCUT2D eigenvalue weighted by molar-refractivity contribution is 0.325. The summed E-state index contributed by atoms with van der Waals surface area (Å²) in [6, 6.07) is 1.58. The number of nitrogens with two attached hydrogens (primary N) is 1. The summed E-state index contributed by atoms with van der Waals surface area (Å²) < 4.78 is 0. The average Bonchev–Trinajstić information content (AvgIpc) is 2.47. The predicted molar refractivity (Wildman–Crippen MR) is 51.0 cm³/mol. The summed E-state index contributed by atoms with van der Waals surface area (Å²) in [5, 5.41) is 3.71. The highest BCUT2D eigenvalue weighted by Gasteiger charge is 2.34. The Kier molecular flexibility index (Phi) is 2.66. The van der Waals surface area contributed by atoms with E-state index in [2.05, 4.69) is 5.32 Å². The standard InChI is InChI=1S/C10H20N2/c11-6-5-9-7-8-3-1-2-4-10(8)12-9/h8-10,12H,1-7,11H2. The number of nitrogens with one attached hydrogen (secondary N) is 1. The number of fused-ring (bicyclic) bond motifs is 1. The molecule has 12 heavy (non-hydrogen) atoms. The topological polar surface area (TPSA) is 38.0 Å². The van der Waals surface area contributed by atoms with E-state index < -0.39 is 0 Å². The first-order valence-corrected chi connectivity index (χ1v) is 5.36. The molecular weight excluding hydrogens is 148 g/mol. The van der Waals surface area contributed by atoms with Gasteiger partial charge in [0.2, 0.25) is 0 Å². The van der Waals surface area contributed by atoms with Crippen LogP contribution in [0.1, 0.15) is 38.5 Å². The van der Waals surface area contributed by atoms with E-state index in [1.54, 1.807) is 0 Å². The van der Waals surface area contributed by atoms with Gasteiger partial charge >= 0.3 is 0 Å². The molecular formula is C10H20N2. The molecule has 2 heteroatoms. The maximum Gasteiger partial charge on any atom is 0.00985 e. The summed E-state index contributed by atoms with van der Waals surface area (Å²) in [4.78, 5) is 0. The van der Waals surface area contributed by atoms with Crippen molar-refractivity contribution in [1.82, 2.24) is 5.32 Å². The lowest BCUT2D eigenvalue weighted by Gasteiger charge is -2.24. The minimum atomic E-state index is 0.739. The molecule has 3 N–H and O–H groups in total. The Labute approximate surface area is 74.9 Å². The van der Waals surface area contributed by atoms with Crippen molar-refractivity contribution in [1.29, 1.82) is 0 Å². The largest absolute Gasteiger partial charge is 0.330 e. The maximum absolute atomic E-state index is 5.56. The molecule has 0 radical (unpaired) electrons. The van der Waals surface area contributed by atoms with Crippen molar-refractivity contribution in [3.05, 3.63) is 0 Å². The zero-order valence-corrected chi connectivity index (χ0v) is 7.76. The van der Waals surface area contributed by atoms with Crippen molar-refractivity contribution in [2.45, 2.75) is 50.6 Å². The highest BCUT2D eigenvalue weighted by Crippen LogP contribution is 2.33. The van der Waals surface area contributed by atoms with Crippen molar-refractivity contribution in [3.8, 4) is 0 Å². The zero-order valence-electron chi connectivity index (χ0n) is 7.76. The molecule has 2 aliphatic rings. The Bertz CT molecular complexity index is 133. The smallest absolute Gasteiger partial charge is 0.00985 e. The van der Waals surface area contributed by atoms with Crippen molar-refractivity contribution in [2.24, 2.45) is 11.7 Å². The van der Waals surface area contributed by atoms with E-state index in [0.29, 0.717) is 0 Å². The van der Waals surface area contributed by atoms with Crippen LogP contribution in [0, 0.1) is 5.92 Å². The Hall–Kier alpha value is -0.0800. The van der Waals surface area contributed by atoms with Crippen LogP contribution in [0.5, 0.6) is 0 Å². The van der Waals surface area contributed by atoms with Crippen LogP contribution in [-0.4, -0.2) is 18.6 Å². The average molecular weight is 168 g/mol. The van der Waals surface area contributed by atoms with Crippen LogP contribution in [0.2, 0.25) is 0 Å². The zero-order chi connectivity index (χ0) is 8.39. The quantitative estimate of drug-likeness (QED) is 0.651. The van der Waals surface area contributed by atoms with E-state index in [4.69, 9.17) is 5.73 Å². The first-order valence-electron chi connectivity index (χ1n) is 5.36. The van der Waals surface area contributed by atoms with E-state index in [1.807, 2.05) is 0 Å². The van der Waals surface area contributed by atoms with Crippen LogP contribution in [0.3, 0.4) is 0 Å². The van der Waals surface area contributed by atoms with Crippen LogP contribution in [0.25, 0.3) is 0 Å². The number of hydrogen-bond donors (Lipinski definition) is 2. The molecule has 1 saturated heterocycles. The lowest BCUT2D eigenvalue weighted by Crippen LogP contribution is -2.33. The van der Waals surface area contributed by atoms with E-state index in [0.717, 1.165) is 24.5 Å². The summed E-state index contributed by atoms with van der Waals surface area (Å²) in [5.74, 6) is 0.982. The summed E-state index contributed by atoms with van der Waals surface area (Å²) in [6.45, 7) is 0.844. The predicted octanol–water partition coefficient (Wildman–Crippen LogP) is 1.26. The second-order valence-corrected chi connectivity index (χ2v) is 4.33. The Morgan fingerprint density at radius 2 is 2.08 bits per heavy atom. The van der Waals surface area contributed by atoms with Crippen LogP contribution >= 0.6 is 0 Å². The third-order valence-corrected chi connectivity index (χ3v) is 3.46. The first-order chi connectivity index (χ1) is 5.90. The summed E-state index contributed by atoms with van der Waals surface area (Å²) >= 11 is 0. The maximum atomic E-state index is 5.56. The van der Waals surface area contributed by atoms with Gasteiger partial charge in [0, 0.05) is 12.1 Å². The molecule has 0 spiro atoms. The van der Waals surface area contributed by atoms with Gasteiger partial charge in [-0.05, 0) is 38.1 Å². The second-order valence-electron chi connectivity index (χ2n) is 4.33. The molecule has 0 aromatic rings. The van der Waals surface area contributed by atoms with E-state index in [9.17, 15) is 0 Å². The molecule has 0 bridgehead atoms. The van der Waals surface area contributed by atoms with Crippen LogP contribution in [0.15, 0.2) is 0 Å². The van der Waals surface area contributed by atoms with Crippen molar-refractivity contribution in [3.63, 3.8) is 0 Å². The van der Waals surface area contributed by atoms with Crippen molar-refractivity contribution >= 4 is 0 Å². The monoisotopic (exact) mass is 168 g/mol. The van der Waals surface area contributed by atoms with Gasteiger partial charge in [-0.3, -0.25) is 0 Å². The van der Waals surface area contributed by atoms with Crippen LogP contribution in [0.4, 0.5) is 0 Å². The minimum absolute atomic E-state index is 0.739. The molecule has 1 saturated carbocycles. The van der Waals surface area contributed by atoms with Gasteiger partial charge in [-0.1, -0.05) is 12.8 Å². The third-order valence-electron chi connectivity index (χ3n) is 3.46. The summed E-state index contributed by atoms with van der Waals surface area (Å²) in [7, 11) is 0. The lowest BCUT2D eigenvalue weighted by atomic mass is 9.85. The normalized spacial score (nSPS) is 41.2. The Morgan fingerprint density at radius 3 is 2.83 bits per heavy atom. The Balaban J connectivity index is 1.85. The van der Waals surface area contributed by atoms with Gasteiger partial charge in [0.05, 0.1) is 0 Å². The number of rotatable bonds is 2. The van der Waals surface area contributed by atoms with Gasteiger partial charge in [-0.25, -0.2) is 0 Å². The fourth-order valence-electron chi connectivity index (χ4n) is 2.85. The first kappa shape index (κ1) is 8.52. The SMILES string of the molecule is NCCC1CC2CCCCC2N1. The van der Waals surface area contributed by atoms with Gasteiger partial charge in [0.25, 0.3) is 0 Å². The van der Waals surface area contributed by atoms with Crippen LogP contribution in [-0.2, 0) is 0 Å². The summed E-state index contributed by atoms with van der Waals surface area (Å²) in [6.07, 6.45) is 8.32.